The highest BCUT2D eigenvalue weighted by Crippen LogP contribution is 2.24. The zero-order chi connectivity index (χ0) is 12.1. The van der Waals surface area contributed by atoms with E-state index < -0.39 is 0 Å². The van der Waals surface area contributed by atoms with E-state index in [1.807, 2.05) is 6.34 Å². The molecule has 1 fully saturated rings. The fraction of sp³-hybridized carbons (Fsp3) is 0.538. The second kappa shape index (κ2) is 5.66. The van der Waals surface area contributed by atoms with Gasteiger partial charge in [0.2, 0.25) is 0 Å². The molecule has 0 amide bonds. The highest BCUT2D eigenvalue weighted by Gasteiger charge is 2.15. The third kappa shape index (κ3) is 3.19. The molecule has 4 nitrogen and oxygen atoms in total. The maximum Gasteiger partial charge on any atom is 0.159 e. The number of aliphatic imine (C=N–C) groups is 1. The van der Waals surface area contributed by atoms with Crippen LogP contribution in [0.2, 0.25) is 0 Å². The van der Waals surface area contributed by atoms with Crippen LogP contribution in [0, 0.1) is 0 Å². The smallest absolute Gasteiger partial charge is 0.159 e. The van der Waals surface area contributed by atoms with Crippen LogP contribution >= 0.6 is 0 Å². The monoisotopic (exact) mass is 233 g/mol. The van der Waals surface area contributed by atoms with Crippen LogP contribution < -0.4 is 0 Å². The van der Waals surface area contributed by atoms with Crippen molar-refractivity contribution in [3.63, 3.8) is 0 Å². The molecule has 1 heterocycles. The van der Waals surface area contributed by atoms with Gasteiger partial charge in [0.25, 0.3) is 0 Å². The Morgan fingerprint density at radius 1 is 1.41 bits per heavy atom. The summed E-state index contributed by atoms with van der Waals surface area (Å²) in [7, 11) is 2.05. The molecule has 1 N–H and O–H groups in total. The highest BCUT2D eigenvalue weighted by atomic mass is 16.3. The van der Waals surface area contributed by atoms with Gasteiger partial charge in [-0.05, 0) is 18.9 Å². The minimum absolute atomic E-state index is 0.126. The molecule has 0 aromatic carbocycles. The molecule has 1 aromatic rings. The van der Waals surface area contributed by atoms with Crippen LogP contribution in [0.25, 0.3) is 0 Å². The van der Waals surface area contributed by atoms with Crippen molar-refractivity contribution in [2.24, 2.45) is 4.99 Å². The molecule has 1 aromatic heterocycles. The Kier molecular flexibility index (Phi) is 3.96. The molecule has 2 rings (SSSR count). The van der Waals surface area contributed by atoms with E-state index in [0.29, 0.717) is 11.7 Å². The zero-order valence-corrected chi connectivity index (χ0v) is 10.2. The molecule has 92 valence electrons. The topological polar surface area (TPSA) is 48.7 Å². The van der Waals surface area contributed by atoms with Gasteiger partial charge in [-0.3, -0.25) is 4.98 Å². The lowest BCUT2D eigenvalue weighted by molar-refractivity contribution is 0.284. The summed E-state index contributed by atoms with van der Waals surface area (Å²) in [6, 6.07) is 2.30. The molecule has 4 heteroatoms. The summed E-state index contributed by atoms with van der Waals surface area (Å²) in [5.74, 6) is 0.126. The average molecular weight is 233 g/mol. The van der Waals surface area contributed by atoms with E-state index in [2.05, 4.69) is 21.9 Å². The minimum Gasteiger partial charge on any atom is -0.504 e. The van der Waals surface area contributed by atoms with Gasteiger partial charge >= 0.3 is 0 Å². The fourth-order valence-corrected chi connectivity index (χ4v) is 2.22. The lowest BCUT2D eigenvalue weighted by atomic mass is 9.95. The number of hydrogen-bond donors (Lipinski definition) is 1. The van der Waals surface area contributed by atoms with Gasteiger partial charge in [0.05, 0.1) is 12.5 Å². The molecule has 0 radical (unpaired) electrons. The van der Waals surface area contributed by atoms with Crippen molar-refractivity contribution in [2.45, 2.75) is 38.1 Å². The first-order valence-electron chi connectivity index (χ1n) is 6.16. The van der Waals surface area contributed by atoms with E-state index in [1.165, 1.54) is 38.3 Å². The van der Waals surface area contributed by atoms with Crippen LogP contribution in [-0.2, 0) is 0 Å². The minimum atomic E-state index is 0.126. The summed E-state index contributed by atoms with van der Waals surface area (Å²) in [6.07, 6.45) is 11.3. The molecule has 0 bridgehead atoms. The van der Waals surface area contributed by atoms with Crippen molar-refractivity contribution in [3.05, 3.63) is 18.5 Å². The van der Waals surface area contributed by atoms with Gasteiger partial charge < -0.3 is 10.0 Å². The summed E-state index contributed by atoms with van der Waals surface area (Å²) in [5.41, 5.74) is 0.572. The third-order valence-electron chi connectivity index (χ3n) is 3.31. The molecular formula is C13H19N3O. The number of pyridine rings is 1. The molecule has 0 spiro atoms. The van der Waals surface area contributed by atoms with Crippen LogP contribution in [0.4, 0.5) is 5.69 Å². The van der Waals surface area contributed by atoms with Gasteiger partial charge in [0.15, 0.2) is 5.75 Å². The van der Waals surface area contributed by atoms with Crippen molar-refractivity contribution in [2.75, 3.05) is 7.05 Å². The summed E-state index contributed by atoms with van der Waals surface area (Å²) in [6.45, 7) is 0. The molecule has 1 aliphatic rings. The predicted octanol–water partition coefficient (Wildman–Crippen LogP) is 2.71. The second-order valence-corrected chi connectivity index (χ2v) is 4.57. The van der Waals surface area contributed by atoms with E-state index in [0.717, 1.165) is 0 Å². The standard InChI is InChI=1S/C13H19N3O/c1-16(11-5-3-2-4-6-11)10-15-12-7-8-14-9-13(12)17/h7-11,17H,2-6H2,1H3/b15-10+. The normalized spacial score (nSPS) is 17.5. The molecule has 0 saturated heterocycles. The first kappa shape index (κ1) is 11.9. The molecule has 1 aliphatic carbocycles. The molecule has 0 atom stereocenters. The van der Waals surface area contributed by atoms with Gasteiger partial charge in [-0.15, -0.1) is 0 Å². The summed E-state index contributed by atoms with van der Waals surface area (Å²) < 4.78 is 0. The lowest BCUT2D eigenvalue weighted by Gasteiger charge is -2.29. The van der Waals surface area contributed by atoms with E-state index in [9.17, 15) is 5.11 Å². The van der Waals surface area contributed by atoms with Crippen molar-refractivity contribution in [1.82, 2.24) is 9.88 Å². The molecule has 0 unspecified atom stereocenters. The fourth-order valence-electron chi connectivity index (χ4n) is 2.22. The Labute approximate surface area is 102 Å². The second-order valence-electron chi connectivity index (χ2n) is 4.57. The maximum atomic E-state index is 9.54. The van der Waals surface area contributed by atoms with Crippen molar-refractivity contribution < 1.29 is 5.11 Å². The van der Waals surface area contributed by atoms with Crippen molar-refractivity contribution in [3.8, 4) is 5.75 Å². The Hall–Kier alpha value is -1.58. The number of aromatic hydroxyl groups is 1. The first-order valence-corrected chi connectivity index (χ1v) is 6.16. The van der Waals surface area contributed by atoms with Gasteiger partial charge in [0.1, 0.15) is 5.69 Å². The zero-order valence-electron chi connectivity index (χ0n) is 10.2. The number of aromatic nitrogens is 1. The van der Waals surface area contributed by atoms with Crippen LogP contribution in [0.5, 0.6) is 5.75 Å². The van der Waals surface area contributed by atoms with E-state index in [4.69, 9.17) is 0 Å². The summed E-state index contributed by atoms with van der Waals surface area (Å²) in [5, 5.41) is 9.54. The Morgan fingerprint density at radius 3 is 2.88 bits per heavy atom. The van der Waals surface area contributed by atoms with E-state index >= 15 is 0 Å². The molecule has 1 saturated carbocycles. The predicted molar refractivity (Wildman–Crippen MR) is 68.7 cm³/mol. The number of rotatable bonds is 3. The third-order valence-corrected chi connectivity index (χ3v) is 3.31. The summed E-state index contributed by atoms with van der Waals surface area (Å²) in [4.78, 5) is 10.3. The Morgan fingerprint density at radius 2 is 2.18 bits per heavy atom. The van der Waals surface area contributed by atoms with Gasteiger partial charge in [-0.25, -0.2) is 4.99 Å². The SMILES string of the molecule is CN(/C=N/c1ccncc1O)C1CCCCC1. The number of hydrogen-bond acceptors (Lipinski definition) is 3. The van der Waals surface area contributed by atoms with Crippen LogP contribution in [0.15, 0.2) is 23.5 Å². The van der Waals surface area contributed by atoms with Gasteiger partial charge in [0, 0.05) is 19.3 Å². The van der Waals surface area contributed by atoms with Gasteiger partial charge in [-0.2, -0.15) is 0 Å². The molecule has 17 heavy (non-hydrogen) atoms. The first-order chi connectivity index (χ1) is 8.27. The maximum absolute atomic E-state index is 9.54. The van der Waals surface area contributed by atoms with Crippen LogP contribution in [-0.4, -0.2) is 34.4 Å². The van der Waals surface area contributed by atoms with Crippen LogP contribution in [0.1, 0.15) is 32.1 Å². The quantitative estimate of drug-likeness (QED) is 0.645. The van der Waals surface area contributed by atoms with Crippen molar-refractivity contribution >= 4 is 12.0 Å². The van der Waals surface area contributed by atoms with Crippen molar-refractivity contribution in [1.29, 1.82) is 0 Å². The average Bonchev–Trinajstić information content (AvgIpc) is 2.38. The van der Waals surface area contributed by atoms with E-state index in [1.54, 1.807) is 12.3 Å². The molecular weight excluding hydrogens is 214 g/mol. The number of nitrogens with zero attached hydrogens (tertiary/aromatic N) is 3. The van der Waals surface area contributed by atoms with Gasteiger partial charge in [-0.1, -0.05) is 19.3 Å². The Balaban J connectivity index is 1.97. The lowest BCUT2D eigenvalue weighted by Crippen LogP contribution is -2.32. The summed E-state index contributed by atoms with van der Waals surface area (Å²) >= 11 is 0. The van der Waals surface area contributed by atoms with Crippen LogP contribution in [0.3, 0.4) is 0 Å². The highest BCUT2D eigenvalue weighted by molar-refractivity contribution is 5.64. The molecule has 0 aliphatic heterocycles. The van der Waals surface area contributed by atoms with E-state index in [-0.39, 0.29) is 5.75 Å². The largest absolute Gasteiger partial charge is 0.504 e. The Bertz CT molecular complexity index is 386.